The number of nitrogens with zero attached hydrogens (tertiary/aromatic N) is 2. The second-order valence-corrected chi connectivity index (χ2v) is 11.8. The fourth-order valence-corrected chi connectivity index (χ4v) is 7.55. The van der Waals surface area contributed by atoms with Crippen LogP contribution in [0, 0.1) is 6.92 Å². The van der Waals surface area contributed by atoms with Crippen LogP contribution in [0.5, 0.6) is 5.75 Å². The van der Waals surface area contributed by atoms with Gasteiger partial charge in [-0.15, -0.1) is 0 Å². The van der Waals surface area contributed by atoms with Crippen LogP contribution in [0.2, 0.25) is 0 Å². The molecule has 0 radical (unpaired) electrons. The molecule has 0 spiro atoms. The number of hydrogen-bond donors (Lipinski definition) is 0. The highest BCUT2D eigenvalue weighted by Gasteiger charge is 2.50. The Bertz CT molecular complexity index is 1320. The summed E-state index contributed by atoms with van der Waals surface area (Å²) in [6.07, 6.45) is -1.04. The van der Waals surface area contributed by atoms with Crippen LogP contribution in [0.25, 0.3) is 0 Å². The molecule has 9 heteroatoms. The van der Waals surface area contributed by atoms with Gasteiger partial charge < -0.3 is 4.74 Å². The van der Waals surface area contributed by atoms with Crippen molar-refractivity contribution >= 4 is 20.0 Å². The van der Waals surface area contributed by atoms with Crippen molar-refractivity contribution in [1.82, 2.24) is 8.61 Å². The molecule has 1 aliphatic rings. The summed E-state index contributed by atoms with van der Waals surface area (Å²) in [7, 11) is -6.43. The Kier molecular flexibility index (Phi) is 6.32. The van der Waals surface area contributed by atoms with E-state index in [-0.39, 0.29) is 16.3 Å². The molecule has 33 heavy (non-hydrogen) atoms. The molecule has 1 saturated heterocycles. The van der Waals surface area contributed by atoms with Gasteiger partial charge in [-0.25, -0.2) is 16.8 Å². The van der Waals surface area contributed by atoms with Gasteiger partial charge in [0.25, 0.3) is 0 Å². The number of methoxy groups -OCH3 is 1. The topological polar surface area (TPSA) is 84.0 Å². The Balaban J connectivity index is 1.87. The highest BCUT2D eigenvalue weighted by molar-refractivity contribution is 7.90. The number of aryl methyl sites for hydroxylation is 1. The van der Waals surface area contributed by atoms with Crippen LogP contribution in [0.4, 0.5) is 0 Å². The zero-order valence-corrected chi connectivity index (χ0v) is 20.3. The third kappa shape index (κ3) is 4.29. The molecular weight excluding hydrogens is 460 g/mol. The second-order valence-electron chi connectivity index (χ2n) is 8.03. The Hall–Kier alpha value is -2.72. The summed E-state index contributed by atoms with van der Waals surface area (Å²) in [5, 5.41) is 0. The molecule has 0 bridgehead atoms. The molecule has 4 rings (SSSR count). The highest BCUT2D eigenvalue weighted by atomic mass is 32.2. The molecule has 0 aromatic heterocycles. The third-order valence-electron chi connectivity index (χ3n) is 5.75. The molecule has 3 aromatic carbocycles. The van der Waals surface area contributed by atoms with Crippen molar-refractivity contribution < 1.29 is 21.6 Å². The molecule has 0 saturated carbocycles. The Labute approximate surface area is 195 Å². The molecule has 1 aliphatic heterocycles. The predicted octanol–water partition coefficient (Wildman–Crippen LogP) is 3.79. The van der Waals surface area contributed by atoms with Crippen molar-refractivity contribution in [1.29, 1.82) is 0 Å². The van der Waals surface area contributed by atoms with E-state index in [0.29, 0.717) is 11.3 Å². The van der Waals surface area contributed by atoms with Crippen molar-refractivity contribution in [3.8, 4) is 5.75 Å². The molecular formula is C24H26N2O5S2. The average molecular weight is 487 g/mol. The Morgan fingerprint density at radius 2 is 1.36 bits per heavy atom. The largest absolute Gasteiger partial charge is 0.497 e. The van der Waals surface area contributed by atoms with Gasteiger partial charge in [0.15, 0.2) is 0 Å². The van der Waals surface area contributed by atoms with Crippen LogP contribution in [0.1, 0.15) is 24.2 Å². The van der Waals surface area contributed by atoms with Gasteiger partial charge in [0.05, 0.1) is 16.9 Å². The standard InChI is InChI=1S/C24H26N2O5S2/c1-18-9-15-23(16-10-18)32(27,28)25-17-19(2)26(33(29,30)22-7-5-4-6-8-22)24(25)20-11-13-21(31-3)14-12-20/h4-16,19,24H,17H2,1-3H3/t19-,24+/m1/s1. The summed E-state index contributed by atoms with van der Waals surface area (Å²) >= 11 is 0. The summed E-state index contributed by atoms with van der Waals surface area (Å²) in [5.41, 5.74) is 1.47. The number of hydrogen-bond acceptors (Lipinski definition) is 5. The van der Waals surface area contributed by atoms with Crippen LogP contribution in [0.3, 0.4) is 0 Å². The quantitative estimate of drug-likeness (QED) is 0.529. The van der Waals surface area contributed by atoms with E-state index in [4.69, 9.17) is 4.74 Å². The third-order valence-corrected chi connectivity index (χ3v) is 9.57. The first-order valence-corrected chi connectivity index (χ1v) is 13.4. The molecule has 1 fully saturated rings. The monoisotopic (exact) mass is 486 g/mol. The average Bonchev–Trinajstić information content (AvgIpc) is 3.18. The van der Waals surface area contributed by atoms with E-state index in [9.17, 15) is 16.8 Å². The van der Waals surface area contributed by atoms with Gasteiger partial charge >= 0.3 is 0 Å². The van der Waals surface area contributed by atoms with Crippen molar-refractivity contribution in [2.75, 3.05) is 13.7 Å². The van der Waals surface area contributed by atoms with Crippen molar-refractivity contribution in [3.05, 3.63) is 90.0 Å². The Morgan fingerprint density at radius 3 is 1.94 bits per heavy atom. The van der Waals surface area contributed by atoms with Crippen molar-refractivity contribution in [3.63, 3.8) is 0 Å². The van der Waals surface area contributed by atoms with Gasteiger partial charge in [-0.1, -0.05) is 48.0 Å². The summed E-state index contributed by atoms with van der Waals surface area (Å²) in [5.74, 6) is 0.593. The maximum atomic E-state index is 13.7. The summed E-state index contributed by atoms with van der Waals surface area (Å²) in [4.78, 5) is 0.239. The molecule has 0 aliphatic carbocycles. The minimum absolute atomic E-state index is 0.0268. The normalized spacial score (nSPS) is 20.1. The minimum Gasteiger partial charge on any atom is -0.497 e. The minimum atomic E-state index is -3.99. The molecule has 0 amide bonds. The summed E-state index contributed by atoms with van der Waals surface area (Å²) in [6.45, 7) is 3.63. The fourth-order valence-electron chi connectivity index (χ4n) is 4.06. The molecule has 2 atom stereocenters. The van der Waals surface area contributed by atoms with E-state index in [2.05, 4.69) is 0 Å². The molecule has 1 heterocycles. The number of ether oxygens (including phenoxy) is 1. The molecule has 3 aromatic rings. The number of sulfonamides is 2. The van der Waals surface area contributed by atoms with E-state index in [1.807, 2.05) is 6.92 Å². The number of rotatable bonds is 6. The predicted molar refractivity (Wildman–Crippen MR) is 126 cm³/mol. The highest BCUT2D eigenvalue weighted by Crippen LogP contribution is 2.41. The van der Waals surface area contributed by atoms with Gasteiger partial charge in [0.1, 0.15) is 11.9 Å². The van der Waals surface area contributed by atoms with Gasteiger partial charge in [0.2, 0.25) is 20.0 Å². The lowest BCUT2D eigenvalue weighted by atomic mass is 10.1. The van der Waals surface area contributed by atoms with Gasteiger partial charge in [-0.3, -0.25) is 0 Å². The van der Waals surface area contributed by atoms with E-state index >= 15 is 0 Å². The molecule has 0 N–H and O–H groups in total. The second kappa shape index (κ2) is 8.90. The van der Waals surface area contributed by atoms with Gasteiger partial charge in [-0.2, -0.15) is 8.61 Å². The smallest absolute Gasteiger partial charge is 0.245 e. The van der Waals surface area contributed by atoms with Gasteiger partial charge in [0, 0.05) is 12.6 Å². The fraction of sp³-hybridized carbons (Fsp3) is 0.250. The van der Waals surface area contributed by atoms with Crippen molar-refractivity contribution in [2.24, 2.45) is 0 Å². The maximum Gasteiger partial charge on any atom is 0.245 e. The van der Waals surface area contributed by atoms with Crippen LogP contribution in [0.15, 0.2) is 88.7 Å². The van der Waals surface area contributed by atoms with E-state index in [0.717, 1.165) is 5.56 Å². The van der Waals surface area contributed by atoms with Crippen LogP contribution < -0.4 is 4.74 Å². The first-order valence-electron chi connectivity index (χ1n) is 10.5. The van der Waals surface area contributed by atoms with Crippen LogP contribution in [-0.4, -0.2) is 45.1 Å². The zero-order valence-electron chi connectivity index (χ0n) is 18.6. The van der Waals surface area contributed by atoms with E-state index < -0.39 is 32.3 Å². The first-order chi connectivity index (χ1) is 15.7. The Morgan fingerprint density at radius 1 is 0.788 bits per heavy atom. The molecule has 174 valence electrons. The van der Waals surface area contributed by atoms with Gasteiger partial charge in [-0.05, 0) is 55.8 Å². The maximum absolute atomic E-state index is 13.7. The van der Waals surface area contributed by atoms with Crippen LogP contribution >= 0.6 is 0 Å². The number of benzene rings is 3. The summed E-state index contributed by atoms with van der Waals surface area (Å²) in [6, 6.07) is 20.8. The summed E-state index contributed by atoms with van der Waals surface area (Å²) < 4.78 is 62.5. The lowest BCUT2D eigenvalue weighted by Gasteiger charge is -2.30. The van der Waals surface area contributed by atoms with E-state index in [1.54, 1.807) is 73.7 Å². The zero-order chi connectivity index (χ0) is 23.8. The van der Waals surface area contributed by atoms with E-state index in [1.165, 1.54) is 27.9 Å². The molecule has 7 nitrogen and oxygen atoms in total. The van der Waals surface area contributed by atoms with Crippen molar-refractivity contribution in [2.45, 2.75) is 35.8 Å². The first kappa shape index (κ1) is 23.4. The lowest BCUT2D eigenvalue weighted by molar-refractivity contribution is 0.275. The molecule has 0 unspecified atom stereocenters. The lowest BCUT2D eigenvalue weighted by Crippen LogP contribution is -2.39. The SMILES string of the molecule is COc1ccc([C@H]2N(S(=O)(=O)c3ccc(C)cc3)C[C@@H](C)N2S(=O)(=O)c2ccccc2)cc1. The van der Waals surface area contributed by atoms with Crippen LogP contribution in [-0.2, 0) is 20.0 Å².